The summed E-state index contributed by atoms with van der Waals surface area (Å²) in [4.78, 5) is 9.87. The summed E-state index contributed by atoms with van der Waals surface area (Å²) >= 11 is 1.21. The highest BCUT2D eigenvalue weighted by atomic mass is 32.2. The van der Waals surface area contributed by atoms with Crippen LogP contribution in [0.15, 0.2) is 29.2 Å². The van der Waals surface area contributed by atoms with Crippen molar-refractivity contribution in [2.24, 2.45) is 7.05 Å². The van der Waals surface area contributed by atoms with Crippen LogP contribution in [0, 0.1) is 30.9 Å². The van der Waals surface area contributed by atoms with Gasteiger partial charge in [0.05, 0.1) is 9.82 Å². The minimum absolute atomic E-state index is 0.178. The van der Waals surface area contributed by atoms with Gasteiger partial charge in [-0.3, -0.25) is 10.1 Å². The summed E-state index contributed by atoms with van der Waals surface area (Å²) in [5.41, 5.74) is 1.65. The molecule has 0 saturated heterocycles. The molecule has 0 fully saturated rings. The van der Waals surface area contributed by atoms with Crippen molar-refractivity contribution in [1.29, 1.82) is 0 Å². The van der Waals surface area contributed by atoms with Crippen molar-refractivity contribution in [2.75, 3.05) is 0 Å². The number of aromatic nitrogens is 1. The van der Waals surface area contributed by atoms with Crippen molar-refractivity contribution in [3.05, 3.63) is 50.6 Å². The van der Waals surface area contributed by atoms with Crippen molar-refractivity contribution in [3.63, 3.8) is 0 Å². The van der Waals surface area contributed by atoms with Gasteiger partial charge >= 0.3 is 5.00 Å². The molecule has 0 saturated carbocycles. The molecule has 2 aromatic rings. The maximum atomic E-state index is 10.4. The van der Waals surface area contributed by atoms with Gasteiger partial charge in [-0.25, -0.2) is 8.42 Å². The maximum Gasteiger partial charge on any atom is 0.395 e. The van der Waals surface area contributed by atoms with Gasteiger partial charge in [-0.2, -0.15) is 4.57 Å². The van der Waals surface area contributed by atoms with Gasteiger partial charge in [-0.15, -0.1) is 0 Å². The Balaban J connectivity index is 0.000000220. The van der Waals surface area contributed by atoms with Crippen LogP contribution in [0.1, 0.15) is 16.3 Å². The number of benzene rings is 1. The van der Waals surface area contributed by atoms with Crippen LogP contribution < -0.4 is 4.57 Å². The third-order valence-electron chi connectivity index (χ3n) is 3.00. The van der Waals surface area contributed by atoms with E-state index >= 15 is 0 Å². The van der Waals surface area contributed by atoms with Gasteiger partial charge in [0.1, 0.15) is 17.2 Å². The van der Waals surface area contributed by atoms with E-state index in [1.165, 1.54) is 23.5 Å². The number of hydrogen-bond acceptors (Lipinski definition) is 6. The first kappa shape index (κ1) is 18.2. The van der Waals surface area contributed by atoms with Gasteiger partial charge in [0.25, 0.3) is 5.69 Å². The summed E-state index contributed by atoms with van der Waals surface area (Å²) in [5, 5.41) is 11.6. The van der Waals surface area contributed by atoms with E-state index in [1.807, 2.05) is 25.5 Å². The Hall–Kier alpha value is -1.84. The number of aryl methyl sites for hydroxylation is 2. The average Bonchev–Trinajstić information content (AvgIpc) is 2.67. The molecule has 0 spiro atoms. The second-order valence-electron chi connectivity index (χ2n) is 4.59. The first-order chi connectivity index (χ1) is 10.0. The number of nitro groups is 1. The maximum absolute atomic E-state index is 10.4. The Labute approximate surface area is 132 Å². The molecular weight excluding hydrogens is 328 g/mol. The molecule has 1 heterocycles. The zero-order valence-electron chi connectivity index (χ0n) is 12.6. The highest BCUT2D eigenvalue weighted by Crippen LogP contribution is 2.23. The zero-order chi connectivity index (χ0) is 17.1. The normalized spacial score (nSPS) is 10.8. The fourth-order valence-electron chi connectivity index (χ4n) is 1.54. The molecule has 0 unspecified atom stereocenters. The predicted molar refractivity (Wildman–Crippen MR) is 80.8 cm³/mol. The van der Waals surface area contributed by atoms with E-state index in [9.17, 15) is 23.1 Å². The van der Waals surface area contributed by atoms with Crippen LogP contribution in [0.25, 0.3) is 0 Å². The van der Waals surface area contributed by atoms with Gasteiger partial charge in [0.2, 0.25) is 5.01 Å². The lowest BCUT2D eigenvalue weighted by Crippen LogP contribution is -2.31. The molecule has 0 radical (unpaired) electrons. The lowest BCUT2D eigenvalue weighted by atomic mass is 10.2. The summed E-state index contributed by atoms with van der Waals surface area (Å²) in [6, 6.07) is 5.78. The van der Waals surface area contributed by atoms with Crippen LogP contribution in [0.3, 0.4) is 0 Å². The molecule has 0 aliphatic carbocycles. The molecule has 0 atom stereocenters. The second kappa shape index (κ2) is 6.95. The average molecular weight is 344 g/mol. The highest BCUT2D eigenvalue weighted by molar-refractivity contribution is 7.85. The third kappa shape index (κ3) is 4.58. The molecule has 120 valence electrons. The van der Waals surface area contributed by atoms with Crippen molar-refractivity contribution in [1.82, 2.24) is 0 Å². The summed E-state index contributed by atoms with van der Waals surface area (Å²) in [6.07, 6.45) is 0. The van der Waals surface area contributed by atoms with Crippen LogP contribution in [0.4, 0.5) is 5.00 Å². The molecule has 1 aromatic carbocycles. The molecule has 0 bridgehead atoms. The van der Waals surface area contributed by atoms with Crippen molar-refractivity contribution in [2.45, 2.75) is 25.7 Å². The van der Waals surface area contributed by atoms with Gasteiger partial charge in [0.15, 0.2) is 0 Å². The van der Waals surface area contributed by atoms with E-state index in [-0.39, 0.29) is 14.8 Å². The lowest BCUT2D eigenvalue weighted by molar-refractivity contribution is -0.680. The molecule has 0 aliphatic heterocycles. The Morgan fingerprint density at radius 3 is 1.91 bits per heavy atom. The summed E-state index contributed by atoms with van der Waals surface area (Å²) < 4.78 is 33.0. The Morgan fingerprint density at radius 1 is 1.14 bits per heavy atom. The molecule has 0 amide bonds. The summed E-state index contributed by atoms with van der Waals surface area (Å²) in [6.45, 7) is 5.44. The third-order valence-corrected chi connectivity index (χ3v) is 5.06. The highest BCUT2D eigenvalue weighted by Gasteiger charge is 2.25. The van der Waals surface area contributed by atoms with E-state index in [2.05, 4.69) is 0 Å². The van der Waals surface area contributed by atoms with Gasteiger partial charge in [-0.1, -0.05) is 17.7 Å². The molecule has 22 heavy (non-hydrogen) atoms. The Bertz CT molecular complexity index is 780. The smallest absolute Gasteiger partial charge is 0.395 e. The number of thiazole rings is 1. The number of rotatable bonds is 2. The van der Waals surface area contributed by atoms with Crippen LogP contribution in [-0.4, -0.2) is 17.9 Å². The van der Waals surface area contributed by atoms with Gasteiger partial charge < -0.3 is 4.55 Å². The monoisotopic (exact) mass is 344 g/mol. The predicted octanol–water partition coefficient (Wildman–Crippen LogP) is 2.00. The molecular formula is C13H16N2O5S2. The number of hydrogen-bond donors (Lipinski definition) is 0. The SMILES string of the molecule is Cc1ccc(S(=O)(=O)[O-])cc1.Cc1sc([N+](=O)[O-])c(C)[n+]1C. The Kier molecular flexibility index (Phi) is 5.75. The molecule has 2 rings (SSSR count). The van der Waals surface area contributed by atoms with Crippen LogP contribution in [0.2, 0.25) is 0 Å². The minimum Gasteiger partial charge on any atom is -0.744 e. The molecule has 9 heteroatoms. The first-order valence-electron chi connectivity index (χ1n) is 6.17. The number of nitrogens with zero attached hydrogens (tertiary/aromatic N) is 2. The van der Waals surface area contributed by atoms with Crippen LogP contribution >= 0.6 is 11.3 Å². The fourth-order valence-corrected chi connectivity index (χ4v) is 2.92. The van der Waals surface area contributed by atoms with E-state index in [1.54, 1.807) is 19.1 Å². The minimum atomic E-state index is -4.27. The standard InChI is InChI=1S/C7H8O3S.C6H9N2O2S/c1-6-2-4-7(5-3-6)11(8,9)10;1-4-6(8(9)10)11-5(2)7(4)3/h2-5H,1H3,(H,8,9,10);1-3H3/q;+1/p-1. The summed E-state index contributed by atoms with van der Waals surface area (Å²) in [5.74, 6) is 0. The lowest BCUT2D eigenvalue weighted by Gasteiger charge is -2.05. The van der Waals surface area contributed by atoms with Crippen LogP contribution in [-0.2, 0) is 17.2 Å². The van der Waals surface area contributed by atoms with Crippen molar-refractivity contribution >= 4 is 26.5 Å². The van der Waals surface area contributed by atoms with Crippen molar-refractivity contribution in [3.8, 4) is 0 Å². The van der Waals surface area contributed by atoms with Gasteiger partial charge in [-0.05, 0) is 19.1 Å². The van der Waals surface area contributed by atoms with Crippen LogP contribution in [0.5, 0.6) is 0 Å². The van der Waals surface area contributed by atoms with Gasteiger partial charge in [0, 0.05) is 25.2 Å². The molecule has 0 aliphatic rings. The first-order valence-corrected chi connectivity index (χ1v) is 8.39. The quantitative estimate of drug-likeness (QED) is 0.359. The van der Waals surface area contributed by atoms with E-state index in [0.29, 0.717) is 0 Å². The van der Waals surface area contributed by atoms with Crippen molar-refractivity contribution < 1.29 is 22.5 Å². The zero-order valence-corrected chi connectivity index (χ0v) is 14.2. The topological polar surface area (TPSA) is 104 Å². The molecule has 7 nitrogen and oxygen atoms in total. The van der Waals surface area contributed by atoms with E-state index in [0.717, 1.165) is 16.3 Å². The summed E-state index contributed by atoms with van der Waals surface area (Å²) in [7, 11) is -2.44. The fraction of sp³-hybridized carbons (Fsp3) is 0.308. The largest absolute Gasteiger partial charge is 0.744 e. The molecule has 0 N–H and O–H groups in total. The van der Waals surface area contributed by atoms with E-state index in [4.69, 9.17) is 0 Å². The Morgan fingerprint density at radius 2 is 1.64 bits per heavy atom. The second-order valence-corrected chi connectivity index (χ2v) is 7.16. The van der Waals surface area contributed by atoms with E-state index < -0.39 is 10.1 Å². The molecule has 1 aromatic heterocycles.